The Bertz CT molecular complexity index is 778. The number of thiazole rings is 1. The molecule has 0 unspecified atom stereocenters. The topological polar surface area (TPSA) is 37.7 Å². The van der Waals surface area contributed by atoms with Gasteiger partial charge in [-0.3, -0.25) is 0 Å². The monoisotopic (exact) mass is 423 g/mol. The zero-order valence-corrected chi connectivity index (χ0v) is 18.4. The van der Waals surface area contributed by atoms with Crippen LogP contribution in [0.15, 0.2) is 21.7 Å². The van der Waals surface area contributed by atoms with Gasteiger partial charge in [0.15, 0.2) is 0 Å². The second-order valence-electron chi connectivity index (χ2n) is 7.17. The Balaban J connectivity index is 2.27. The molecule has 25 heavy (non-hydrogen) atoms. The summed E-state index contributed by atoms with van der Waals surface area (Å²) in [5.41, 5.74) is 3.11. The normalized spacial score (nSPS) is 12.0. The Morgan fingerprint density at radius 3 is 2.52 bits per heavy atom. The molecule has 1 aromatic heterocycles. The molecule has 0 atom stereocenters. The van der Waals surface area contributed by atoms with Crippen molar-refractivity contribution in [3.8, 4) is 10.9 Å². The number of benzene rings is 1. The van der Waals surface area contributed by atoms with Crippen molar-refractivity contribution < 1.29 is 4.74 Å². The number of rotatable bonds is 5. The number of hydrogen-bond donors (Lipinski definition) is 0. The number of aromatic nitrogens is 1. The van der Waals surface area contributed by atoms with Crippen LogP contribution in [0.4, 0.5) is 5.69 Å². The van der Waals surface area contributed by atoms with Gasteiger partial charge >= 0.3 is 0 Å². The van der Waals surface area contributed by atoms with E-state index in [1.807, 2.05) is 38.2 Å². The van der Waals surface area contributed by atoms with Crippen LogP contribution in [0.1, 0.15) is 43.7 Å². The molecule has 0 spiro atoms. The van der Waals surface area contributed by atoms with E-state index in [-0.39, 0.29) is 5.41 Å². The zero-order valence-electron chi connectivity index (χ0n) is 16.0. The van der Waals surface area contributed by atoms with Crippen LogP contribution in [0.5, 0.6) is 10.9 Å². The minimum Gasteiger partial charge on any atom is -0.431 e. The highest BCUT2D eigenvalue weighted by molar-refractivity contribution is 9.10. The molecule has 0 aliphatic carbocycles. The largest absolute Gasteiger partial charge is 0.431 e. The first-order valence-corrected chi connectivity index (χ1v) is 9.93. The average molecular weight is 424 g/mol. The minimum absolute atomic E-state index is 0.0347. The molecule has 0 fully saturated rings. The highest BCUT2D eigenvalue weighted by Gasteiger charge is 2.23. The lowest BCUT2D eigenvalue weighted by atomic mass is 9.96. The standard InChI is InChI=1S/C19H26BrN3OS/c1-8-23(7)11-21-14-9-13(3)15(10-12(14)2)24-18-22-17(20)16(25-18)19(4,5)6/h9-11H,8H2,1-7H3. The van der Waals surface area contributed by atoms with Gasteiger partial charge < -0.3 is 9.64 Å². The molecule has 0 aliphatic heterocycles. The van der Waals surface area contributed by atoms with Crippen LogP contribution in [0, 0.1) is 13.8 Å². The van der Waals surface area contributed by atoms with Gasteiger partial charge in [-0.05, 0) is 65.4 Å². The lowest BCUT2D eigenvalue weighted by Gasteiger charge is -2.15. The molecule has 1 aromatic carbocycles. The van der Waals surface area contributed by atoms with Crippen LogP contribution in [-0.4, -0.2) is 29.8 Å². The second-order valence-corrected chi connectivity index (χ2v) is 8.89. The first-order valence-electron chi connectivity index (χ1n) is 8.32. The SMILES string of the molecule is CCN(C)C=Nc1cc(C)c(Oc2nc(Br)c(C(C)(C)C)s2)cc1C. The first-order chi connectivity index (χ1) is 11.6. The number of aryl methyl sites for hydroxylation is 2. The predicted octanol–water partition coefficient (Wildman–Crippen LogP) is 6.22. The summed E-state index contributed by atoms with van der Waals surface area (Å²) < 4.78 is 6.92. The van der Waals surface area contributed by atoms with E-state index in [9.17, 15) is 0 Å². The van der Waals surface area contributed by atoms with E-state index in [4.69, 9.17) is 4.74 Å². The summed E-state index contributed by atoms with van der Waals surface area (Å²) in [6.07, 6.45) is 1.86. The number of nitrogens with zero attached hydrogens (tertiary/aromatic N) is 3. The molecule has 0 saturated heterocycles. The van der Waals surface area contributed by atoms with Crippen LogP contribution in [0.2, 0.25) is 0 Å². The summed E-state index contributed by atoms with van der Waals surface area (Å²) in [6, 6.07) is 4.08. The number of ether oxygens (including phenoxy) is 1. The van der Waals surface area contributed by atoms with Gasteiger partial charge in [-0.25, -0.2) is 4.99 Å². The van der Waals surface area contributed by atoms with Crippen molar-refractivity contribution in [3.05, 3.63) is 32.7 Å². The quantitative estimate of drug-likeness (QED) is 0.422. The maximum Gasteiger partial charge on any atom is 0.280 e. The number of hydrogen-bond acceptors (Lipinski definition) is 4. The maximum absolute atomic E-state index is 6.06. The highest BCUT2D eigenvalue weighted by Crippen LogP contribution is 2.40. The van der Waals surface area contributed by atoms with Gasteiger partial charge in [0.05, 0.1) is 12.0 Å². The van der Waals surface area contributed by atoms with E-state index in [1.54, 1.807) is 11.3 Å². The third-order valence-corrected chi connectivity index (χ3v) is 6.03. The summed E-state index contributed by atoms with van der Waals surface area (Å²) in [5.74, 6) is 0.821. The summed E-state index contributed by atoms with van der Waals surface area (Å²) >= 11 is 5.13. The molecule has 0 saturated carbocycles. The van der Waals surface area contributed by atoms with E-state index in [2.05, 4.69) is 59.7 Å². The Morgan fingerprint density at radius 2 is 1.96 bits per heavy atom. The Hall–Kier alpha value is -1.40. The van der Waals surface area contributed by atoms with Gasteiger partial charge in [0.2, 0.25) is 0 Å². The van der Waals surface area contributed by atoms with Gasteiger partial charge in [-0.2, -0.15) is 4.98 Å². The van der Waals surface area contributed by atoms with Crippen molar-refractivity contribution in [2.24, 2.45) is 4.99 Å². The molecule has 2 rings (SSSR count). The van der Waals surface area contributed by atoms with Gasteiger partial charge in [-0.15, -0.1) is 0 Å². The lowest BCUT2D eigenvalue weighted by molar-refractivity contribution is 0.474. The lowest BCUT2D eigenvalue weighted by Crippen LogP contribution is -2.14. The van der Waals surface area contributed by atoms with E-state index < -0.39 is 0 Å². The molecule has 0 aliphatic rings. The van der Waals surface area contributed by atoms with Crippen molar-refractivity contribution in [3.63, 3.8) is 0 Å². The van der Waals surface area contributed by atoms with Crippen LogP contribution < -0.4 is 4.74 Å². The molecule has 1 heterocycles. The van der Waals surface area contributed by atoms with E-state index in [0.717, 1.165) is 33.7 Å². The molecular weight excluding hydrogens is 398 g/mol. The minimum atomic E-state index is 0.0347. The zero-order chi connectivity index (χ0) is 18.8. The fourth-order valence-electron chi connectivity index (χ4n) is 2.15. The molecule has 4 nitrogen and oxygen atoms in total. The van der Waals surface area contributed by atoms with Crippen LogP contribution in [-0.2, 0) is 5.41 Å². The second kappa shape index (κ2) is 7.87. The summed E-state index contributed by atoms with van der Waals surface area (Å²) in [7, 11) is 2.01. The highest BCUT2D eigenvalue weighted by atomic mass is 79.9. The third-order valence-electron chi connectivity index (χ3n) is 3.83. The van der Waals surface area contributed by atoms with Crippen LogP contribution in [0.25, 0.3) is 0 Å². The van der Waals surface area contributed by atoms with Crippen molar-refractivity contribution in [2.45, 2.75) is 47.0 Å². The van der Waals surface area contributed by atoms with Gasteiger partial charge in [0.25, 0.3) is 5.19 Å². The smallest absolute Gasteiger partial charge is 0.280 e. The molecule has 0 N–H and O–H groups in total. The average Bonchev–Trinajstić information content (AvgIpc) is 2.89. The number of aliphatic imine (C=N–C) groups is 1. The molecule has 0 bridgehead atoms. The molecule has 2 aromatic rings. The van der Waals surface area contributed by atoms with E-state index in [0.29, 0.717) is 5.19 Å². The van der Waals surface area contributed by atoms with E-state index in [1.165, 1.54) is 4.88 Å². The van der Waals surface area contributed by atoms with Crippen LogP contribution in [0.3, 0.4) is 0 Å². The van der Waals surface area contributed by atoms with Crippen molar-refractivity contribution >= 4 is 39.3 Å². The molecule has 136 valence electrons. The molecule has 6 heteroatoms. The maximum atomic E-state index is 6.06. The molecular formula is C19H26BrN3OS. The van der Waals surface area contributed by atoms with Gasteiger partial charge in [-0.1, -0.05) is 32.1 Å². The summed E-state index contributed by atoms with van der Waals surface area (Å²) in [5, 5.41) is 0.654. The Kier molecular flexibility index (Phi) is 6.27. The van der Waals surface area contributed by atoms with Gasteiger partial charge in [0, 0.05) is 18.5 Å². The van der Waals surface area contributed by atoms with Crippen molar-refractivity contribution in [2.75, 3.05) is 13.6 Å². The predicted molar refractivity (Wildman–Crippen MR) is 111 cm³/mol. The van der Waals surface area contributed by atoms with E-state index >= 15 is 0 Å². The van der Waals surface area contributed by atoms with Crippen LogP contribution >= 0.6 is 27.3 Å². The Morgan fingerprint density at radius 1 is 1.28 bits per heavy atom. The molecule has 0 amide bonds. The fraction of sp³-hybridized carbons (Fsp3) is 0.474. The van der Waals surface area contributed by atoms with Crippen molar-refractivity contribution in [1.82, 2.24) is 9.88 Å². The fourth-order valence-corrected chi connectivity index (χ4v) is 4.14. The third kappa shape index (κ3) is 5.05. The van der Waals surface area contributed by atoms with Crippen molar-refractivity contribution in [1.29, 1.82) is 0 Å². The molecule has 0 radical (unpaired) electrons. The number of halogens is 1. The Labute approximate surface area is 163 Å². The summed E-state index contributed by atoms with van der Waals surface area (Å²) in [6.45, 7) is 13.6. The summed E-state index contributed by atoms with van der Waals surface area (Å²) in [4.78, 5) is 12.3. The first kappa shape index (κ1) is 19.9. The van der Waals surface area contributed by atoms with Gasteiger partial charge in [0.1, 0.15) is 10.4 Å².